The Morgan fingerprint density at radius 1 is 1.26 bits per heavy atom. The van der Waals surface area contributed by atoms with Gasteiger partial charge in [-0.15, -0.1) is 0 Å². The quantitative estimate of drug-likeness (QED) is 0.709. The Balaban J connectivity index is 1.92. The molecule has 2 aliphatic heterocycles. The lowest BCUT2D eigenvalue weighted by atomic mass is 9.91. The van der Waals surface area contributed by atoms with E-state index in [-0.39, 0.29) is 4.90 Å². The summed E-state index contributed by atoms with van der Waals surface area (Å²) in [4.78, 5) is 23.7. The highest BCUT2D eigenvalue weighted by molar-refractivity contribution is 7.91. The van der Waals surface area contributed by atoms with Gasteiger partial charge in [0.15, 0.2) is 15.4 Å². The average molecular weight is 332 g/mol. The van der Waals surface area contributed by atoms with Crippen LogP contribution in [-0.2, 0) is 27.2 Å². The first-order chi connectivity index (χ1) is 10.8. The molecule has 3 heterocycles. The number of amides is 3. The van der Waals surface area contributed by atoms with E-state index in [0.29, 0.717) is 11.1 Å². The van der Waals surface area contributed by atoms with Crippen LogP contribution >= 0.6 is 0 Å². The van der Waals surface area contributed by atoms with Crippen LogP contribution in [0, 0.1) is 0 Å². The van der Waals surface area contributed by atoms with Crippen molar-refractivity contribution in [2.45, 2.75) is 10.4 Å². The summed E-state index contributed by atoms with van der Waals surface area (Å²) >= 11 is 0. The minimum Gasteiger partial charge on any atom is -0.318 e. The van der Waals surface area contributed by atoms with Gasteiger partial charge in [0.25, 0.3) is 5.91 Å². The van der Waals surface area contributed by atoms with Crippen molar-refractivity contribution >= 4 is 21.8 Å². The van der Waals surface area contributed by atoms with Crippen molar-refractivity contribution in [2.24, 2.45) is 7.05 Å². The molecule has 1 atom stereocenters. The number of aromatic nitrogens is 2. The van der Waals surface area contributed by atoms with E-state index in [0.717, 1.165) is 5.56 Å². The Bertz CT molecular complexity index is 978. The van der Waals surface area contributed by atoms with Crippen LogP contribution in [0.3, 0.4) is 0 Å². The van der Waals surface area contributed by atoms with E-state index < -0.39 is 33.1 Å². The Morgan fingerprint density at radius 2 is 2.04 bits per heavy atom. The largest absolute Gasteiger partial charge is 0.322 e. The first-order valence-corrected chi connectivity index (χ1v) is 8.47. The van der Waals surface area contributed by atoms with E-state index in [1.165, 1.54) is 6.07 Å². The van der Waals surface area contributed by atoms with Crippen LogP contribution in [0.4, 0.5) is 4.79 Å². The van der Waals surface area contributed by atoms with Crippen LogP contribution in [0.5, 0.6) is 0 Å². The highest BCUT2D eigenvalue weighted by Gasteiger charge is 2.57. The molecule has 1 saturated heterocycles. The molecule has 1 spiro atoms. The zero-order valence-electron chi connectivity index (χ0n) is 12.0. The molecule has 1 aromatic carbocycles. The summed E-state index contributed by atoms with van der Waals surface area (Å²) in [5.74, 6) is -1.11. The number of benzene rings is 1. The Labute approximate surface area is 131 Å². The molecule has 1 aromatic heterocycles. The SMILES string of the molecule is Cn1cc(-c2ccc3c(c2)S(=O)(=O)CC32NC(=O)NC2=O)cn1. The average Bonchev–Trinajstić information content (AvgIpc) is 3.08. The number of imide groups is 1. The van der Waals surface area contributed by atoms with Gasteiger partial charge in [-0.3, -0.25) is 14.8 Å². The Hall–Kier alpha value is -2.68. The third-order valence-electron chi connectivity index (χ3n) is 4.16. The summed E-state index contributed by atoms with van der Waals surface area (Å²) in [6.45, 7) is 0. The number of carbonyl (C=O) groups excluding carboxylic acids is 2. The van der Waals surface area contributed by atoms with Gasteiger partial charge in [-0.1, -0.05) is 12.1 Å². The minimum absolute atomic E-state index is 0.0659. The normalized spacial score (nSPS) is 24.6. The molecule has 2 N–H and O–H groups in total. The highest BCUT2D eigenvalue weighted by Crippen LogP contribution is 2.41. The molecule has 0 saturated carbocycles. The molecule has 2 aliphatic rings. The molecule has 1 unspecified atom stereocenters. The number of carbonyl (C=O) groups is 2. The number of nitrogens with zero attached hydrogens (tertiary/aromatic N) is 2. The number of fused-ring (bicyclic) bond motifs is 2. The Morgan fingerprint density at radius 3 is 2.65 bits per heavy atom. The predicted molar refractivity (Wildman–Crippen MR) is 79.0 cm³/mol. The molecule has 3 amide bonds. The summed E-state index contributed by atoms with van der Waals surface area (Å²) in [6.07, 6.45) is 3.40. The molecular weight excluding hydrogens is 320 g/mol. The monoisotopic (exact) mass is 332 g/mol. The van der Waals surface area contributed by atoms with Crippen molar-refractivity contribution in [1.82, 2.24) is 20.4 Å². The first kappa shape index (κ1) is 13.9. The fourth-order valence-corrected chi connectivity index (χ4v) is 5.07. The number of aryl methyl sites for hydroxylation is 1. The topological polar surface area (TPSA) is 110 Å². The van der Waals surface area contributed by atoms with E-state index in [2.05, 4.69) is 15.7 Å². The summed E-state index contributed by atoms with van der Waals surface area (Å²) in [5.41, 5.74) is 0.223. The molecule has 4 rings (SSSR count). The summed E-state index contributed by atoms with van der Waals surface area (Å²) in [5, 5.41) is 8.63. The maximum absolute atomic E-state index is 12.5. The number of urea groups is 1. The van der Waals surface area contributed by atoms with E-state index in [4.69, 9.17) is 0 Å². The second-order valence-electron chi connectivity index (χ2n) is 5.69. The molecule has 0 aliphatic carbocycles. The smallest absolute Gasteiger partial charge is 0.318 e. The maximum atomic E-state index is 12.5. The van der Waals surface area contributed by atoms with Gasteiger partial charge in [0.05, 0.1) is 16.8 Å². The molecular formula is C14H12N4O4S. The van der Waals surface area contributed by atoms with Crippen LogP contribution in [0.25, 0.3) is 11.1 Å². The highest BCUT2D eigenvalue weighted by atomic mass is 32.2. The van der Waals surface area contributed by atoms with Gasteiger partial charge in [-0.05, 0) is 11.6 Å². The van der Waals surface area contributed by atoms with Crippen LogP contribution < -0.4 is 10.6 Å². The molecule has 0 bridgehead atoms. The van der Waals surface area contributed by atoms with Gasteiger partial charge in [0.2, 0.25) is 0 Å². The molecule has 1 fully saturated rings. The van der Waals surface area contributed by atoms with Crippen molar-refractivity contribution < 1.29 is 18.0 Å². The molecule has 8 nitrogen and oxygen atoms in total. The van der Waals surface area contributed by atoms with Crippen LogP contribution in [0.1, 0.15) is 5.56 Å². The molecule has 0 radical (unpaired) electrons. The first-order valence-electron chi connectivity index (χ1n) is 6.82. The maximum Gasteiger partial charge on any atom is 0.322 e. The van der Waals surface area contributed by atoms with Gasteiger partial charge < -0.3 is 5.32 Å². The van der Waals surface area contributed by atoms with E-state index in [9.17, 15) is 18.0 Å². The number of nitrogens with one attached hydrogen (secondary N) is 2. The number of sulfone groups is 1. The summed E-state index contributed by atoms with van der Waals surface area (Å²) < 4.78 is 26.6. The fraction of sp³-hybridized carbons (Fsp3) is 0.214. The van der Waals surface area contributed by atoms with E-state index in [1.807, 2.05) is 0 Å². The van der Waals surface area contributed by atoms with Crippen LogP contribution in [0.15, 0.2) is 35.5 Å². The zero-order valence-corrected chi connectivity index (χ0v) is 12.8. The zero-order chi connectivity index (χ0) is 16.4. The van der Waals surface area contributed by atoms with Gasteiger partial charge in [-0.2, -0.15) is 5.10 Å². The lowest BCUT2D eigenvalue weighted by Crippen LogP contribution is -2.45. The third kappa shape index (κ3) is 1.83. The van der Waals surface area contributed by atoms with Gasteiger partial charge >= 0.3 is 6.03 Å². The minimum atomic E-state index is -3.68. The number of rotatable bonds is 1. The molecule has 9 heteroatoms. The second kappa shape index (κ2) is 4.19. The van der Waals surface area contributed by atoms with E-state index in [1.54, 1.807) is 36.3 Å². The van der Waals surface area contributed by atoms with Crippen molar-refractivity contribution in [3.05, 3.63) is 36.2 Å². The van der Waals surface area contributed by atoms with Crippen LogP contribution in [-0.4, -0.2) is 35.9 Å². The van der Waals surface area contributed by atoms with Crippen LogP contribution in [0.2, 0.25) is 0 Å². The number of hydrogen-bond acceptors (Lipinski definition) is 5. The van der Waals surface area contributed by atoms with Crippen molar-refractivity contribution in [3.63, 3.8) is 0 Å². The third-order valence-corrected chi connectivity index (χ3v) is 5.98. The fourth-order valence-electron chi connectivity index (χ4n) is 3.11. The number of hydrogen-bond donors (Lipinski definition) is 2. The summed E-state index contributed by atoms with van der Waals surface area (Å²) in [6, 6.07) is 4.13. The molecule has 2 aromatic rings. The van der Waals surface area contributed by atoms with Crippen molar-refractivity contribution in [2.75, 3.05) is 5.75 Å². The lowest BCUT2D eigenvalue weighted by Gasteiger charge is -2.19. The summed E-state index contributed by atoms with van der Waals surface area (Å²) in [7, 11) is -1.92. The second-order valence-corrected chi connectivity index (χ2v) is 7.64. The van der Waals surface area contributed by atoms with Gasteiger partial charge in [0, 0.05) is 24.4 Å². The standard InChI is InChI=1S/C14H12N4O4S/c1-18-6-9(5-15-18)8-2-3-10-11(4-8)23(21,22)7-14(10)12(19)16-13(20)17-14/h2-6H,7H2,1H3,(H2,16,17,19,20). The van der Waals surface area contributed by atoms with Crippen molar-refractivity contribution in [1.29, 1.82) is 0 Å². The lowest BCUT2D eigenvalue weighted by molar-refractivity contribution is -0.123. The van der Waals surface area contributed by atoms with E-state index >= 15 is 0 Å². The molecule has 118 valence electrons. The van der Waals surface area contributed by atoms with Crippen molar-refractivity contribution in [3.8, 4) is 11.1 Å². The Kier molecular flexibility index (Phi) is 2.54. The predicted octanol–water partition coefficient (Wildman–Crippen LogP) is -0.0909. The van der Waals surface area contributed by atoms with Gasteiger partial charge in [-0.25, -0.2) is 13.2 Å². The van der Waals surface area contributed by atoms with Gasteiger partial charge in [0.1, 0.15) is 0 Å². The molecule has 23 heavy (non-hydrogen) atoms.